The third kappa shape index (κ3) is 2.92. The Morgan fingerprint density at radius 1 is 1.00 bits per heavy atom. The topological polar surface area (TPSA) is 62.7 Å². The van der Waals surface area contributed by atoms with Crippen molar-refractivity contribution in [2.24, 2.45) is 0 Å². The van der Waals surface area contributed by atoms with Gasteiger partial charge in [0.1, 0.15) is 17.5 Å². The first-order valence-electron chi connectivity index (χ1n) is 6.91. The second-order valence-electron chi connectivity index (χ2n) is 5.07. The number of nitriles is 1. The van der Waals surface area contributed by atoms with E-state index in [0.29, 0.717) is 27.4 Å². The number of nitrogens with two attached hydrogens (primary N) is 1. The lowest BCUT2D eigenvalue weighted by atomic mass is 9.98. The number of hydrogen-bond acceptors (Lipinski definition) is 3. The van der Waals surface area contributed by atoms with Gasteiger partial charge in [0.05, 0.1) is 5.69 Å². The SMILES string of the molecule is N#Cc1c(-c2ccc(F)c(F)c2)cc(-c2cccc(Cl)c2)nc1N. The second-order valence-corrected chi connectivity index (χ2v) is 5.50. The van der Waals surface area contributed by atoms with Crippen molar-refractivity contribution in [1.29, 1.82) is 5.26 Å². The number of rotatable bonds is 2. The van der Waals surface area contributed by atoms with Gasteiger partial charge in [-0.3, -0.25) is 0 Å². The Bertz CT molecular complexity index is 980. The van der Waals surface area contributed by atoms with E-state index in [2.05, 4.69) is 4.98 Å². The molecular formula is C18H10ClF2N3. The molecule has 0 bridgehead atoms. The molecule has 0 amide bonds. The summed E-state index contributed by atoms with van der Waals surface area (Å²) in [6, 6.07) is 13.9. The molecule has 0 unspecified atom stereocenters. The zero-order valence-electron chi connectivity index (χ0n) is 12.2. The first-order chi connectivity index (χ1) is 11.5. The molecule has 0 fully saturated rings. The number of hydrogen-bond donors (Lipinski definition) is 1. The van der Waals surface area contributed by atoms with E-state index in [-0.39, 0.29) is 11.4 Å². The van der Waals surface area contributed by atoms with Crippen LogP contribution in [0.2, 0.25) is 5.02 Å². The molecule has 0 aliphatic heterocycles. The fourth-order valence-corrected chi connectivity index (χ4v) is 2.56. The van der Waals surface area contributed by atoms with Crippen molar-refractivity contribution in [1.82, 2.24) is 4.98 Å². The highest BCUT2D eigenvalue weighted by molar-refractivity contribution is 6.30. The quantitative estimate of drug-likeness (QED) is 0.728. The normalized spacial score (nSPS) is 10.4. The molecule has 0 aliphatic carbocycles. The minimum atomic E-state index is -1.00. The second kappa shape index (κ2) is 6.26. The highest BCUT2D eigenvalue weighted by Crippen LogP contribution is 2.32. The lowest BCUT2D eigenvalue weighted by Gasteiger charge is -2.11. The Balaban J connectivity index is 2.24. The number of pyridine rings is 1. The van der Waals surface area contributed by atoms with Gasteiger partial charge in [0, 0.05) is 16.1 Å². The Morgan fingerprint density at radius 2 is 1.79 bits per heavy atom. The van der Waals surface area contributed by atoms with Gasteiger partial charge in [-0.1, -0.05) is 29.8 Å². The molecular weight excluding hydrogens is 332 g/mol. The van der Waals surface area contributed by atoms with Crippen LogP contribution in [0.4, 0.5) is 14.6 Å². The van der Waals surface area contributed by atoms with Crippen molar-refractivity contribution in [3.8, 4) is 28.5 Å². The third-order valence-electron chi connectivity index (χ3n) is 3.51. The molecule has 1 aromatic heterocycles. The molecule has 0 saturated carbocycles. The summed E-state index contributed by atoms with van der Waals surface area (Å²) in [5.74, 6) is -1.96. The van der Waals surface area contributed by atoms with E-state index < -0.39 is 11.6 Å². The van der Waals surface area contributed by atoms with Crippen molar-refractivity contribution < 1.29 is 8.78 Å². The van der Waals surface area contributed by atoms with Crippen LogP contribution in [0.25, 0.3) is 22.4 Å². The molecule has 24 heavy (non-hydrogen) atoms. The zero-order valence-corrected chi connectivity index (χ0v) is 13.0. The van der Waals surface area contributed by atoms with Gasteiger partial charge in [-0.2, -0.15) is 5.26 Å². The Morgan fingerprint density at radius 3 is 2.46 bits per heavy atom. The average molecular weight is 342 g/mol. The van der Waals surface area contributed by atoms with Gasteiger partial charge in [-0.15, -0.1) is 0 Å². The van der Waals surface area contributed by atoms with E-state index in [9.17, 15) is 14.0 Å². The molecule has 3 nitrogen and oxygen atoms in total. The van der Waals surface area contributed by atoms with Gasteiger partial charge in [0.15, 0.2) is 11.6 Å². The number of aromatic nitrogens is 1. The number of halogens is 3. The highest BCUT2D eigenvalue weighted by Gasteiger charge is 2.15. The highest BCUT2D eigenvalue weighted by atomic mass is 35.5. The summed E-state index contributed by atoms with van der Waals surface area (Å²) in [6.07, 6.45) is 0. The summed E-state index contributed by atoms with van der Waals surface area (Å²) < 4.78 is 26.7. The van der Waals surface area contributed by atoms with Gasteiger partial charge < -0.3 is 5.73 Å². The van der Waals surface area contributed by atoms with E-state index in [4.69, 9.17) is 17.3 Å². The molecule has 3 aromatic rings. The lowest BCUT2D eigenvalue weighted by Crippen LogP contribution is -2.00. The predicted molar refractivity (Wildman–Crippen MR) is 89.2 cm³/mol. The fourth-order valence-electron chi connectivity index (χ4n) is 2.37. The molecule has 118 valence electrons. The van der Waals surface area contributed by atoms with Crippen molar-refractivity contribution in [2.75, 3.05) is 5.73 Å². The minimum absolute atomic E-state index is 0.00899. The number of nitrogens with zero attached hydrogens (tertiary/aromatic N) is 2. The summed E-state index contributed by atoms with van der Waals surface area (Å²) in [7, 11) is 0. The maximum absolute atomic E-state index is 13.6. The Hall–Kier alpha value is -2.97. The molecule has 0 saturated heterocycles. The van der Waals surface area contributed by atoms with Crippen molar-refractivity contribution >= 4 is 17.4 Å². The fraction of sp³-hybridized carbons (Fsp3) is 0. The summed E-state index contributed by atoms with van der Waals surface area (Å²) in [5.41, 5.74) is 7.87. The summed E-state index contributed by atoms with van der Waals surface area (Å²) in [5, 5.41) is 9.85. The molecule has 0 spiro atoms. The van der Waals surface area contributed by atoms with Crippen LogP contribution in [0.1, 0.15) is 5.56 Å². The summed E-state index contributed by atoms with van der Waals surface area (Å²) >= 11 is 5.99. The van der Waals surface area contributed by atoms with E-state index in [1.54, 1.807) is 30.3 Å². The Kier molecular flexibility index (Phi) is 4.15. The third-order valence-corrected chi connectivity index (χ3v) is 3.75. The standard InChI is InChI=1S/C18H10ClF2N3/c19-12-3-1-2-11(6-12)17-8-13(14(9-22)18(23)24-17)10-4-5-15(20)16(21)7-10/h1-8H,(H2,23,24). The van der Waals surface area contributed by atoms with E-state index in [1.807, 2.05) is 6.07 Å². The minimum Gasteiger partial charge on any atom is -0.383 e. The van der Waals surface area contributed by atoms with E-state index in [0.717, 1.165) is 12.1 Å². The first kappa shape index (κ1) is 15.9. The largest absolute Gasteiger partial charge is 0.383 e. The number of benzene rings is 2. The maximum atomic E-state index is 13.6. The molecule has 0 aliphatic rings. The number of anilines is 1. The monoisotopic (exact) mass is 341 g/mol. The van der Waals surface area contributed by atoms with Crippen LogP contribution in [0.5, 0.6) is 0 Å². The summed E-state index contributed by atoms with van der Waals surface area (Å²) in [6.45, 7) is 0. The summed E-state index contributed by atoms with van der Waals surface area (Å²) in [4.78, 5) is 4.21. The van der Waals surface area contributed by atoms with E-state index >= 15 is 0 Å². The zero-order chi connectivity index (χ0) is 17.3. The maximum Gasteiger partial charge on any atom is 0.159 e. The van der Waals surface area contributed by atoms with E-state index in [1.165, 1.54) is 6.07 Å². The predicted octanol–water partition coefficient (Wildman–Crippen LogP) is 4.80. The van der Waals surface area contributed by atoms with Crippen LogP contribution in [0.15, 0.2) is 48.5 Å². The van der Waals surface area contributed by atoms with Gasteiger partial charge in [-0.05, 0) is 35.9 Å². The van der Waals surface area contributed by atoms with Crippen LogP contribution < -0.4 is 5.73 Å². The van der Waals surface area contributed by atoms with Gasteiger partial charge >= 0.3 is 0 Å². The molecule has 0 atom stereocenters. The first-order valence-corrected chi connectivity index (χ1v) is 7.29. The van der Waals surface area contributed by atoms with Crippen LogP contribution in [0, 0.1) is 23.0 Å². The van der Waals surface area contributed by atoms with Crippen molar-refractivity contribution in [3.63, 3.8) is 0 Å². The van der Waals surface area contributed by atoms with Gasteiger partial charge in [0.25, 0.3) is 0 Å². The molecule has 2 aromatic carbocycles. The van der Waals surface area contributed by atoms with Crippen LogP contribution in [0.3, 0.4) is 0 Å². The van der Waals surface area contributed by atoms with Crippen molar-refractivity contribution in [2.45, 2.75) is 0 Å². The Labute approximate surface area is 141 Å². The van der Waals surface area contributed by atoms with Crippen molar-refractivity contribution in [3.05, 3.63) is 70.8 Å². The van der Waals surface area contributed by atoms with Crippen LogP contribution in [-0.4, -0.2) is 4.98 Å². The molecule has 1 heterocycles. The number of nitrogen functional groups attached to an aromatic ring is 1. The van der Waals surface area contributed by atoms with Gasteiger partial charge in [0.2, 0.25) is 0 Å². The van der Waals surface area contributed by atoms with Crippen LogP contribution in [-0.2, 0) is 0 Å². The smallest absolute Gasteiger partial charge is 0.159 e. The molecule has 6 heteroatoms. The lowest BCUT2D eigenvalue weighted by molar-refractivity contribution is 0.509. The average Bonchev–Trinajstić information content (AvgIpc) is 2.56. The van der Waals surface area contributed by atoms with Gasteiger partial charge in [-0.25, -0.2) is 13.8 Å². The molecule has 3 rings (SSSR count). The molecule has 0 radical (unpaired) electrons. The molecule has 2 N–H and O–H groups in total. The van der Waals surface area contributed by atoms with Crippen LogP contribution >= 0.6 is 11.6 Å².